The number of carbonyl (C=O) groups is 3. The summed E-state index contributed by atoms with van der Waals surface area (Å²) in [7, 11) is 0. The topological polar surface area (TPSA) is 81.2 Å². The molecule has 1 N–H and O–H groups in total. The maximum atomic E-state index is 12.8. The first-order valence-electron chi connectivity index (χ1n) is 11.2. The molecule has 8 heteroatoms. The lowest BCUT2D eigenvalue weighted by molar-refractivity contribution is -0.137. The predicted octanol–water partition coefficient (Wildman–Crippen LogP) is 2.42. The molecule has 0 aromatic heterocycles. The van der Waals surface area contributed by atoms with E-state index in [1.54, 1.807) is 32.9 Å². The number of hydrogen-bond donors (Lipinski definition) is 1. The van der Waals surface area contributed by atoms with Gasteiger partial charge < -0.3 is 19.8 Å². The van der Waals surface area contributed by atoms with Crippen LogP contribution in [0.1, 0.15) is 38.7 Å². The molecule has 0 radical (unpaired) electrons. The molecule has 1 aromatic carbocycles. The van der Waals surface area contributed by atoms with Gasteiger partial charge in [0.2, 0.25) is 17.7 Å². The minimum absolute atomic E-state index is 0.0438. The fourth-order valence-electron chi connectivity index (χ4n) is 4.44. The van der Waals surface area contributed by atoms with Crippen molar-refractivity contribution in [3.05, 3.63) is 40.9 Å². The van der Waals surface area contributed by atoms with E-state index in [1.807, 2.05) is 26.0 Å². The van der Waals surface area contributed by atoms with E-state index < -0.39 is 6.10 Å². The van der Waals surface area contributed by atoms with Crippen molar-refractivity contribution >= 4 is 35.4 Å². The average molecular weight is 462 g/mol. The first-order valence-corrected chi connectivity index (χ1v) is 11.6. The quantitative estimate of drug-likeness (QED) is 0.683. The Hall–Kier alpha value is -2.38. The lowest BCUT2D eigenvalue weighted by Crippen LogP contribution is -2.47. The van der Waals surface area contributed by atoms with E-state index in [2.05, 4.69) is 0 Å². The first kappa shape index (κ1) is 24.3. The normalized spacial score (nSPS) is 24.7. The van der Waals surface area contributed by atoms with Crippen molar-refractivity contribution in [2.45, 2.75) is 45.3 Å². The van der Waals surface area contributed by atoms with Crippen molar-refractivity contribution in [3.8, 4) is 0 Å². The number of halogens is 1. The Kier molecular flexibility index (Phi) is 8.32. The van der Waals surface area contributed by atoms with E-state index in [0.29, 0.717) is 44.2 Å². The van der Waals surface area contributed by atoms with Crippen molar-refractivity contribution < 1.29 is 19.5 Å². The van der Waals surface area contributed by atoms with E-state index in [0.717, 1.165) is 5.56 Å². The molecule has 3 rings (SSSR count). The molecule has 0 saturated carbocycles. The molecule has 1 aromatic rings. The Morgan fingerprint density at radius 1 is 1.22 bits per heavy atom. The van der Waals surface area contributed by atoms with E-state index in [4.69, 9.17) is 11.6 Å². The molecule has 0 spiro atoms. The molecule has 3 atom stereocenters. The van der Waals surface area contributed by atoms with Crippen LogP contribution in [0.3, 0.4) is 0 Å². The van der Waals surface area contributed by atoms with Gasteiger partial charge in [0.15, 0.2) is 0 Å². The second kappa shape index (κ2) is 11.0. The summed E-state index contributed by atoms with van der Waals surface area (Å²) in [6, 6.07) is 7.08. The summed E-state index contributed by atoms with van der Waals surface area (Å²) in [4.78, 5) is 43.1. The van der Waals surface area contributed by atoms with Gasteiger partial charge in [0, 0.05) is 62.7 Å². The van der Waals surface area contributed by atoms with Gasteiger partial charge in [-0.1, -0.05) is 30.7 Å². The number of β-amino-alcohol motifs (C(OH)–C–C–N with tert-alkyl or cyclic N) is 1. The molecular weight excluding hydrogens is 430 g/mol. The zero-order valence-electron chi connectivity index (χ0n) is 18.7. The molecule has 2 heterocycles. The maximum absolute atomic E-state index is 12.8. The number of piperidine rings is 1. The highest BCUT2D eigenvalue weighted by atomic mass is 35.5. The lowest BCUT2D eigenvalue weighted by Gasteiger charge is -2.35. The summed E-state index contributed by atoms with van der Waals surface area (Å²) < 4.78 is 0. The third-order valence-electron chi connectivity index (χ3n) is 6.07. The van der Waals surface area contributed by atoms with Crippen LogP contribution in [-0.4, -0.2) is 82.4 Å². The monoisotopic (exact) mass is 461 g/mol. The largest absolute Gasteiger partial charge is 0.391 e. The summed E-state index contributed by atoms with van der Waals surface area (Å²) in [5, 5.41) is 10.5. The van der Waals surface area contributed by atoms with Crippen LogP contribution in [0.4, 0.5) is 0 Å². The molecule has 2 saturated heterocycles. The number of aliphatic hydroxyl groups excluding tert-OH is 1. The van der Waals surface area contributed by atoms with E-state index in [9.17, 15) is 19.5 Å². The first-order chi connectivity index (χ1) is 15.2. The van der Waals surface area contributed by atoms with Gasteiger partial charge in [-0.25, -0.2) is 0 Å². The van der Waals surface area contributed by atoms with Crippen molar-refractivity contribution in [2.24, 2.45) is 5.92 Å². The Morgan fingerprint density at radius 2 is 2.00 bits per heavy atom. The van der Waals surface area contributed by atoms with Crippen LogP contribution in [0.15, 0.2) is 30.3 Å². The van der Waals surface area contributed by atoms with Crippen LogP contribution >= 0.6 is 11.6 Å². The smallest absolute Gasteiger partial charge is 0.246 e. The zero-order valence-corrected chi connectivity index (χ0v) is 19.5. The second-order valence-electron chi connectivity index (χ2n) is 8.90. The standard InChI is InChI=1S/C24H32ClN3O4/c1-17-12-21(29)16-27(14-17)23(31)8-10-26-15-18(2)28(11-9-22(26)30)24(32)7-6-19-4-3-5-20(25)13-19/h3-7,13,17-18,21,29H,8-12,14-16H2,1-2H3/t17-,18?,21-/m0/s1. The van der Waals surface area contributed by atoms with Crippen LogP contribution in [0.2, 0.25) is 5.02 Å². The molecule has 0 bridgehead atoms. The summed E-state index contributed by atoms with van der Waals surface area (Å²) >= 11 is 5.99. The molecule has 174 valence electrons. The Balaban J connectivity index is 1.55. The summed E-state index contributed by atoms with van der Waals surface area (Å²) in [5.74, 6) is 0.0186. The van der Waals surface area contributed by atoms with Crippen molar-refractivity contribution in [1.82, 2.24) is 14.7 Å². The van der Waals surface area contributed by atoms with E-state index >= 15 is 0 Å². The minimum Gasteiger partial charge on any atom is -0.391 e. The third-order valence-corrected chi connectivity index (χ3v) is 6.31. The highest BCUT2D eigenvalue weighted by Crippen LogP contribution is 2.18. The maximum Gasteiger partial charge on any atom is 0.246 e. The fourth-order valence-corrected chi connectivity index (χ4v) is 4.64. The van der Waals surface area contributed by atoms with Gasteiger partial charge in [-0.3, -0.25) is 14.4 Å². The number of aliphatic hydroxyl groups is 1. The number of carbonyl (C=O) groups excluding carboxylic acids is 3. The van der Waals surface area contributed by atoms with Crippen molar-refractivity contribution in [3.63, 3.8) is 0 Å². The summed E-state index contributed by atoms with van der Waals surface area (Å²) in [5.41, 5.74) is 0.835. The van der Waals surface area contributed by atoms with Crippen LogP contribution in [0.25, 0.3) is 6.08 Å². The lowest BCUT2D eigenvalue weighted by atomic mass is 9.98. The average Bonchev–Trinajstić information content (AvgIpc) is 2.87. The number of nitrogens with zero attached hydrogens (tertiary/aromatic N) is 3. The van der Waals surface area contributed by atoms with Crippen molar-refractivity contribution in [1.29, 1.82) is 0 Å². The molecule has 2 aliphatic rings. The van der Waals surface area contributed by atoms with Gasteiger partial charge in [0.1, 0.15) is 0 Å². The van der Waals surface area contributed by atoms with Crippen LogP contribution in [0.5, 0.6) is 0 Å². The van der Waals surface area contributed by atoms with E-state index in [1.165, 1.54) is 6.08 Å². The third kappa shape index (κ3) is 6.56. The Labute approximate surface area is 194 Å². The molecular formula is C24H32ClN3O4. The Morgan fingerprint density at radius 3 is 2.72 bits per heavy atom. The number of benzene rings is 1. The van der Waals surface area contributed by atoms with Crippen LogP contribution < -0.4 is 0 Å². The summed E-state index contributed by atoms with van der Waals surface area (Å²) in [6.07, 6.45) is 3.91. The Bertz CT molecular complexity index is 865. The molecule has 2 fully saturated rings. The van der Waals surface area contributed by atoms with Gasteiger partial charge in [-0.15, -0.1) is 0 Å². The van der Waals surface area contributed by atoms with Gasteiger partial charge in [-0.05, 0) is 43.0 Å². The fraction of sp³-hybridized carbons (Fsp3) is 0.542. The SMILES string of the molecule is CC1CN(CCC(=O)N2C[C@@H](C)C[C@H](O)C2)C(=O)CCN1C(=O)C=Cc1cccc(Cl)c1. The molecule has 32 heavy (non-hydrogen) atoms. The molecule has 1 unspecified atom stereocenters. The highest BCUT2D eigenvalue weighted by Gasteiger charge is 2.30. The number of amides is 3. The van der Waals surface area contributed by atoms with Crippen LogP contribution in [0, 0.1) is 5.92 Å². The molecule has 7 nitrogen and oxygen atoms in total. The number of hydrogen-bond acceptors (Lipinski definition) is 4. The highest BCUT2D eigenvalue weighted by molar-refractivity contribution is 6.30. The van der Waals surface area contributed by atoms with Gasteiger partial charge in [0.25, 0.3) is 0 Å². The number of rotatable bonds is 5. The van der Waals surface area contributed by atoms with Gasteiger partial charge in [-0.2, -0.15) is 0 Å². The van der Waals surface area contributed by atoms with Crippen LogP contribution in [-0.2, 0) is 14.4 Å². The molecule has 3 amide bonds. The minimum atomic E-state index is -0.484. The van der Waals surface area contributed by atoms with Gasteiger partial charge in [0.05, 0.1) is 6.10 Å². The second-order valence-corrected chi connectivity index (χ2v) is 9.34. The zero-order chi connectivity index (χ0) is 23.3. The predicted molar refractivity (Wildman–Crippen MR) is 124 cm³/mol. The molecule has 2 aliphatic heterocycles. The summed E-state index contributed by atoms with van der Waals surface area (Å²) in [6.45, 7) is 6.00. The van der Waals surface area contributed by atoms with Crippen molar-refractivity contribution in [2.75, 3.05) is 32.7 Å². The van der Waals surface area contributed by atoms with Gasteiger partial charge >= 0.3 is 0 Å². The number of likely N-dealkylation sites (tertiary alicyclic amines) is 1. The molecule has 0 aliphatic carbocycles. The van der Waals surface area contributed by atoms with E-state index in [-0.39, 0.29) is 42.5 Å².